The number of ether oxygens (including phenoxy) is 1. The van der Waals surface area contributed by atoms with E-state index in [0.29, 0.717) is 29.3 Å². The fraction of sp³-hybridized carbons (Fsp3) is 0.586. The number of hydrazine groups is 1. The van der Waals surface area contributed by atoms with Gasteiger partial charge in [-0.3, -0.25) is 15.0 Å². The molecule has 2 fully saturated rings. The number of nitrogens with zero attached hydrogens (tertiary/aromatic N) is 6. The van der Waals surface area contributed by atoms with Crippen molar-refractivity contribution in [2.75, 3.05) is 25.1 Å². The van der Waals surface area contributed by atoms with E-state index < -0.39 is 24.1 Å². The van der Waals surface area contributed by atoms with Gasteiger partial charge in [0.15, 0.2) is 5.82 Å². The number of pyridine rings is 1. The number of anilines is 1. The monoisotopic (exact) mass is 606 g/mol. The summed E-state index contributed by atoms with van der Waals surface area (Å²) in [5.74, 6) is 0.402. The highest BCUT2D eigenvalue weighted by molar-refractivity contribution is 5.99. The van der Waals surface area contributed by atoms with Crippen molar-refractivity contribution in [3.05, 3.63) is 41.4 Å². The lowest BCUT2D eigenvalue weighted by atomic mass is 9.78. The minimum atomic E-state index is -4.33. The number of allylic oxidation sites excluding steroid dienone is 2. The number of hydrogen-bond donors (Lipinski definition) is 3. The maximum absolute atomic E-state index is 13.5. The fourth-order valence-corrected chi connectivity index (χ4v) is 5.19. The summed E-state index contributed by atoms with van der Waals surface area (Å²) < 4.78 is 46.9. The Balaban J connectivity index is 1.68. The summed E-state index contributed by atoms with van der Waals surface area (Å²) in [5, 5.41) is 15.4. The molecule has 3 heterocycles. The van der Waals surface area contributed by atoms with Gasteiger partial charge < -0.3 is 15.4 Å². The third-order valence-corrected chi connectivity index (χ3v) is 8.31. The van der Waals surface area contributed by atoms with Gasteiger partial charge >= 0.3 is 6.18 Å². The van der Waals surface area contributed by atoms with Gasteiger partial charge in [0.2, 0.25) is 5.88 Å². The smallest absolute Gasteiger partial charge is 0.397 e. The molecule has 14 heteroatoms. The van der Waals surface area contributed by atoms with Crippen LogP contribution in [0.4, 0.5) is 19.0 Å². The minimum absolute atomic E-state index is 0.00462. The molecule has 1 saturated carbocycles. The third kappa shape index (κ3) is 6.73. The molecule has 2 aliphatic rings. The van der Waals surface area contributed by atoms with Crippen LogP contribution in [-0.2, 0) is 0 Å². The van der Waals surface area contributed by atoms with Gasteiger partial charge in [-0.15, -0.1) is 5.10 Å². The van der Waals surface area contributed by atoms with Gasteiger partial charge in [-0.1, -0.05) is 20.8 Å². The molecule has 0 radical (unpaired) electrons. The van der Waals surface area contributed by atoms with Crippen LogP contribution in [-0.4, -0.2) is 69.2 Å². The summed E-state index contributed by atoms with van der Waals surface area (Å²) in [7, 11) is 1.51. The maximum atomic E-state index is 13.5. The topological polar surface area (TPSA) is 134 Å². The van der Waals surface area contributed by atoms with Crippen LogP contribution < -0.4 is 20.8 Å². The number of aromatic nitrogens is 3. The number of carbonyl (C=O) groups excluding carboxylic acids is 1. The van der Waals surface area contributed by atoms with E-state index in [-0.39, 0.29) is 46.6 Å². The molecule has 1 amide bonds. The van der Waals surface area contributed by atoms with Crippen molar-refractivity contribution in [1.29, 1.82) is 0 Å². The maximum Gasteiger partial charge on any atom is 0.397 e. The van der Waals surface area contributed by atoms with Gasteiger partial charge in [0.25, 0.3) is 5.91 Å². The van der Waals surface area contributed by atoms with E-state index in [9.17, 15) is 23.2 Å². The summed E-state index contributed by atoms with van der Waals surface area (Å²) in [6.45, 7) is 12.4. The summed E-state index contributed by atoms with van der Waals surface area (Å²) in [6, 6.07) is 4.61. The van der Waals surface area contributed by atoms with Crippen molar-refractivity contribution in [3.8, 4) is 11.7 Å². The lowest BCUT2D eigenvalue weighted by Crippen LogP contribution is -2.43. The van der Waals surface area contributed by atoms with Crippen LogP contribution in [0.1, 0.15) is 71.2 Å². The molecule has 4 rings (SSSR count). The van der Waals surface area contributed by atoms with Crippen molar-refractivity contribution in [2.24, 2.45) is 27.5 Å². The second-order valence-corrected chi connectivity index (χ2v) is 13.1. The predicted octanol–water partition coefficient (Wildman–Crippen LogP) is 4.87. The molecule has 2 aromatic rings. The van der Waals surface area contributed by atoms with Crippen LogP contribution >= 0.6 is 0 Å². The first-order valence-electron chi connectivity index (χ1n) is 14.1. The number of nitrogens with one attached hydrogen (secondary N) is 1. The Morgan fingerprint density at radius 2 is 1.95 bits per heavy atom. The van der Waals surface area contributed by atoms with Crippen LogP contribution in [0.25, 0.3) is 5.82 Å². The largest absolute Gasteiger partial charge is 0.476 e. The second kappa shape index (κ2) is 11.4. The van der Waals surface area contributed by atoms with Crippen molar-refractivity contribution in [3.63, 3.8) is 0 Å². The molecule has 1 unspecified atom stereocenters. The standard InChI is InChI=1S/C29H41F3N8O3/c1-18(33)21(15-34-7)40(42)37-25(41)20-8-9-22(35-24(20)38-16-19(26(2,3)4)14-27(38,5)6)39-13-10-23(36-39)43-17-28(11-12-28)29(30,31)32/h8-10,13,15,19,42H,11-12,14,16-17,33H2,1-7H3,(H,37,41). The third-order valence-electron chi connectivity index (χ3n) is 8.31. The number of aliphatic imine (C=N–C) groups is 1. The zero-order valence-corrected chi connectivity index (χ0v) is 25.7. The van der Waals surface area contributed by atoms with Gasteiger partial charge in [-0.25, -0.2) is 15.1 Å². The van der Waals surface area contributed by atoms with Gasteiger partial charge in [0.05, 0.1) is 11.8 Å². The Hall–Kier alpha value is -3.81. The average molecular weight is 607 g/mol. The number of carbonyl (C=O) groups is 1. The average Bonchev–Trinajstić information content (AvgIpc) is 3.44. The van der Waals surface area contributed by atoms with E-state index >= 15 is 0 Å². The molecular weight excluding hydrogens is 565 g/mol. The molecule has 43 heavy (non-hydrogen) atoms. The highest BCUT2D eigenvalue weighted by Gasteiger charge is 2.64. The zero-order valence-electron chi connectivity index (χ0n) is 25.7. The van der Waals surface area contributed by atoms with Crippen LogP contribution in [0.5, 0.6) is 5.88 Å². The molecule has 1 atom stereocenters. The lowest BCUT2D eigenvalue weighted by Gasteiger charge is -2.34. The normalized spacial score (nSPS) is 20.3. The molecule has 0 bridgehead atoms. The fourth-order valence-electron chi connectivity index (χ4n) is 5.19. The van der Waals surface area contributed by atoms with Gasteiger partial charge in [-0.2, -0.15) is 18.3 Å². The van der Waals surface area contributed by atoms with E-state index in [2.05, 4.69) is 55.0 Å². The Morgan fingerprint density at radius 3 is 2.49 bits per heavy atom. The summed E-state index contributed by atoms with van der Waals surface area (Å²) in [5.41, 5.74) is 6.61. The number of halogens is 3. The quantitative estimate of drug-likeness (QED) is 0.272. The van der Waals surface area contributed by atoms with Crippen molar-refractivity contribution >= 4 is 17.9 Å². The molecule has 0 spiro atoms. The molecule has 1 saturated heterocycles. The first-order valence-corrected chi connectivity index (χ1v) is 14.1. The Morgan fingerprint density at radius 1 is 1.28 bits per heavy atom. The highest BCUT2D eigenvalue weighted by atomic mass is 19.4. The molecule has 2 aromatic heterocycles. The number of hydroxylamine groups is 1. The molecule has 1 aliphatic heterocycles. The van der Waals surface area contributed by atoms with E-state index in [1.165, 1.54) is 24.0 Å². The number of hydrogen-bond acceptors (Lipinski definition) is 9. The number of alkyl halides is 3. The van der Waals surface area contributed by atoms with E-state index in [0.717, 1.165) is 6.42 Å². The number of amides is 1. The van der Waals surface area contributed by atoms with Crippen LogP contribution in [0.3, 0.4) is 0 Å². The highest BCUT2D eigenvalue weighted by Crippen LogP contribution is 2.57. The molecule has 4 N–H and O–H groups in total. The Bertz CT molecular complexity index is 1400. The first-order chi connectivity index (χ1) is 19.9. The van der Waals surface area contributed by atoms with Crippen LogP contribution in [0.2, 0.25) is 0 Å². The van der Waals surface area contributed by atoms with E-state index in [1.54, 1.807) is 25.3 Å². The molecule has 0 aromatic carbocycles. The summed E-state index contributed by atoms with van der Waals surface area (Å²) in [4.78, 5) is 24.3. The van der Waals surface area contributed by atoms with Gasteiger partial charge in [0, 0.05) is 37.1 Å². The van der Waals surface area contributed by atoms with Crippen molar-refractivity contribution in [2.45, 2.75) is 72.5 Å². The van der Waals surface area contributed by atoms with Crippen molar-refractivity contribution < 1.29 is 27.9 Å². The second-order valence-electron chi connectivity index (χ2n) is 13.1. The lowest BCUT2D eigenvalue weighted by molar-refractivity contribution is -0.194. The molecule has 11 nitrogen and oxygen atoms in total. The minimum Gasteiger partial charge on any atom is -0.476 e. The van der Waals surface area contributed by atoms with E-state index in [4.69, 9.17) is 15.5 Å². The van der Waals surface area contributed by atoms with Crippen LogP contribution in [0, 0.1) is 16.7 Å². The Kier molecular flexibility index (Phi) is 8.48. The van der Waals surface area contributed by atoms with Gasteiger partial charge in [0.1, 0.15) is 23.5 Å². The molecular formula is C29H41F3N8O3. The van der Waals surface area contributed by atoms with Crippen molar-refractivity contribution in [1.82, 2.24) is 25.4 Å². The summed E-state index contributed by atoms with van der Waals surface area (Å²) >= 11 is 0. The molecule has 1 aliphatic carbocycles. The Labute approximate surface area is 249 Å². The summed E-state index contributed by atoms with van der Waals surface area (Å²) in [6.07, 6.45) is -0.559. The van der Waals surface area contributed by atoms with E-state index in [1.807, 2.05) is 0 Å². The zero-order chi connectivity index (χ0) is 32.0. The number of rotatable bonds is 9. The van der Waals surface area contributed by atoms with Gasteiger partial charge in [-0.05, 0) is 63.5 Å². The molecule has 236 valence electrons. The van der Waals surface area contributed by atoms with Crippen LogP contribution in [0.15, 0.2) is 40.8 Å². The number of nitrogens with two attached hydrogens (primary N) is 1. The first kappa shape index (κ1) is 32.1. The SMILES string of the molecule is CN=CC(=C(C)N)N(O)NC(=O)c1ccc(-n2ccc(OCC3(C(F)(F)F)CC3)n2)nc1N1CC(C(C)(C)C)CC1(C)C. The predicted molar refractivity (Wildman–Crippen MR) is 156 cm³/mol.